The van der Waals surface area contributed by atoms with E-state index in [1.54, 1.807) is 0 Å². The van der Waals surface area contributed by atoms with E-state index < -0.39 is 0 Å². The van der Waals surface area contributed by atoms with Crippen molar-refractivity contribution in [3.05, 3.63) is 12.0 Å². The van der Waals surface area contributed by atoms with Crippen LogP contribution < -0.4 is 0 Å². The monoisotopic (exact) mass is 112 g/mol. The van der Waals surface area contributed by atoms with E-state index in [-0.39, 0.29) is 11.7 Å². The molecule has 1 rings (SSSR count). The molecule has 0 bridgehead atoms. The molecular formula is C4H4N2O2. The number of carbonyl (C=O) groups excluding carboxylic acids is 1. The number of aromatic nitrogens is 2. The predicted octanol–water partition coefficient (Wildman–Crippen LogP) is -0.0722. The van der Waals surface area contributed by atoms with E-state index in [9.17, 15) is 4.79 Å². The summed E-state index contributed by atoms with van der Waals surface area (Å²) in [5.41, 5.74) is 0. The lowest BCUT2D eigenvalue weighted by molar-refractivity contribution is 0.111. The Morgan fingerprint density at radius 2 is 2.62 bits per heavy atom. The lowest BCUT2D eigenvalue weighted by atomic mass is 10.7. The minimum Gasteiger partial charge on any atom is -0.493 e. The number of aromatic amines is 1. The molecule has 1 aromatic rings. The van der Waals surface area contributed by atoms with Crippen molar-refractivity contribution < 1.29 is 9.90 Å². The number of hydrogen-bond donors (Lipinski definition) is 2. The van der Waals surface area contributed by atoms with Crippen molar-refractivity contribution in [3.8, 4) is 5.88 Å². The summed E-state index contributed by atoms with van der Waals surface area (Å²) in [6.07, 6.45) is 1.70. The number of hydrogen-bond acceptors (Lipinski definition) is 3. The van der Waals surface area contributed by atoms with Crippen molar-refractivity contribution in [3.63, 3.8) is 0 Å². The molecule has 0 spiro atoms. The van der Waals surface area contributed by atoms with Crippen LogP contribution in [0.5, 0.6) is 5.88 Å². The molecule has 0 fully saturated rings. The first-order valence-corrected chi connectivity index (χ1v) is 2.02. The number of nitrogens with zero attached hydrogens (tertiary/aromatic N) is 1. The Labute approximate surface area is 45.2 Å². The smallest absolute Gasteiger partial charge is 0.209 e. The fourth-order valence-corrected chi connectivity index (χ4v) is 0.386. The van der Waals surface area contributed by atoms with Crippen molar-refractivity contribution >= 4 is 6.29 Å². The molecule has 0 saturated carbocycles. The van der Waals surface area contributed by atoms with Gasteiger partial charge in [-0.1, -0.05) is 0 Å². The number of imidazole rings is 1. The molecule has 0 radical (unpaired) electrons. The van der Waals surface area contributed by atoms with E-state index in [0.29, 0.717) is 6.29 Å². The Morgan fingerprint density at radius 3 is 2.88 bits per heavy atom. The van der Waals surface area contributed by atoms with Gasteiger partial charge in [-0.15, -0.1) is 0 Å². The van der Waals surface area contributed by atoms with Crippen LogP contribution in [0.4, 0.5) is 0 Å². The van der Waals surface area contributed by atoms with Gasteiger partial charge >= 0.3 is 0 Å². The fourth-order valence-electron chi connectivity index (χ4n) is 0.386. The van der Waals surface area contributed by atoms with Gasteiger partial charge in [0.25, 0.3) is 0 Å². The highest BCUT2D eigenvalue weighted by atomic mass is 16.3. The van der Waals surface area contributed by atoms with Crippen molar-refractivity contribution in [1.29, 1.82) is 0 Å². The average Bonchev–Trinajstić information content (AvgIpc) is 2.14. The molecule has 0 aliphatic carbocycles. The molecule has 1 aromatic heterocycles. The Hall–Kier alpha value is -1.32. The fraction of sp³-hybridized carbons (Fsp3) is 0. The molecule has 0 atom stereocenters. The zero-order valence-electron chi connectivity index (χ0n) is 3.96. The van der Waals surface area contributed by atoms with Gasteiger partial charge in [-0.25, -0.2) is 4.98 Å². The third kappa shape index (κ3) is 0.676. The van der Waals surface area contributed by atoms with Gasteiger partial charge in [0.1, 0.15) is 0 Å². The van der Waals surface area contributed by atoms with Crippen LogP contribution in [0.3, 0.4) is 0 Å². The second kappa shape index (κ2) is 1.65. The summed E-state index contributed by atoms with van der Waals surface area (Å²) in [5.74, 6) is 0.0506. The molecule has 0 aliphatic heterocycles. The Bertz CT molecular complexity index is 194. The maximum absolute atomic E-state index is 9.81. The Balaban J connectivity index is 3.00. The number of nitrogens with one attached hydrogen (secondary N) is 1. The van der Waals surface area contributed by atoms with Gasteiger partial charge in [-0.05, 0) is 0 Å². The van der Waals surface area contributed by atoms with Crippen LogP contribution in [-0.2, 0) is 0 Å². The highest BCUT2D eigenvalue weighted by Crippen LogP contribution is 1.99. The summed E-state index contributed by atoms with van der Waals surface area (Å²) in [6, 6.07) is 0. The number of rotatable bonds is 1. The topological polar surface area (TPSA) is 66.0 Å². The van der Waals surface area contributed by atoms with Crippen molar-refractivity contribution in [2.75, 3.05) is 0 Å². The van der Waals surface area contributed by atoms with Crippen molar-refractivity contribution in [2.24, 2.45) is 0 Å². The molecule has 0 aromatic carbocycles. The highest BCUT2D eigenvalue weighted by Gasteiger charge is 1.92. The quantitative estimate of drug-likeness (QED) is 0.499. The van der Waals surface area contributed by atoms with Crippen LogP contribution in [0.1, 0.15) is 10.6 Å². The van der Waals surface area contributed by atoms with E-state index >= 15 is 0 Å². The van der Waals surface area contributed by atoms with Crippen molar-refractivity contribution in [1.82, 2.24) is 9.97 Å². The van der Waals surface area contributed by atoms with Gasteiger partial charge in [0, 0.05) is 0 Å². The molecule has 4 heteroatoms. The van der Waals surface area contributed by atoms with Crippen LogP contribution in [0.2, 0.25) is 0 Å². The lowest BCUT2D eigenvalue weighted by Crippen LogP contribution is -1.78. The van der Waals surface area contributed by atoms with E-state index in [4.69, 9.17) is 5.11 Å². The van der Waals surface area contributed by atoms with Gasteiger partial charge in [-0.3, -0.25) is 4.79 Å². The SMILES string of the molecule is O=Cc1ncc(O)[nH]1. The third-order valence-corrected chi connectivity index (χ3v) is 0.694. The molecule has 2 N–H and O–H groups in total. The van der Waals surface area contributed by atoms with E-state index in [0.717, 1.165) is 0 Å². The van der Waals surface area contributed by atoms with Crippen LogP contribution in [0.15, 0.2) is 6.20 Å². The van der Waals surface area contributed by atoms with Crippen LogP contribution >= 0.6 is 0 Å². The summed E-state index contributed by atoms with van der Waals surface area (Å²) in [7, 11) is 0. The van der Waals surface area contributed by atoms with Gasteiger partial charge < -0.3 is 10.1 Å². The summed E-state index contributed by atoms with van der Waals surface area (Å²) in [4.78, 5) is 15.6. The summed E-state index contributed by atoms with van der Waals surface area (Å²) in [5, 5.41) is 8.51. The second-order valence-corrected chi connectivity index (χ2v) is 1.27. The molecule has 4 nitrogen and oxygen atoms in total. The zero-order chi connectivity index (χ0) is 5.98. The molecule has 0 unspecified atom stereocenters. The molecule has 0 aliphatic rings. The van der Waals surface area contributed by atoms with Gasteiger partial charge in [0.15, 0.2) is 12.1 Å². The first kappa shape index (κ1) is 4.83. The molecule has 1 heterocycles. The standard InChI is InChI=1S/C4H4N2O2/c7-2-3-5-1-4(8)6-3/h1-2,8H,(H,5,6). The summed E-state index contributed by atoms with van der Waals surface area (Å²) < 4.78 is 0. The molecule has 8 heavy (non-hydrogen) atoms. The molecule has 0 amide bonds. The largest absolute Gasteiger partial charge is 0.493 e. The molecule has 0 saturated heterocycles. The second-order valence-electron chi connectivity index (χ2n) is 1.27. The first-order chi connectivity index (χ1) is 3.83. The minimum absolute atomic E-state index is 0.0906. The van der Waals surface area contributed by atoms with Gasteiger partial charge in [-0.2, -0.15) is 0 Å². The molecular weight excluding hydrogens is 108 g/mol. The maximum Gasteiger partial charge on any atom is 0.209 e. The van der Waals surface area contributed by atoms with Crippen LogP contribution in [0.25, 0.3) is 0 Å². The Kier molecular flexibility index (Phi) is 0.997. The predicted molar refractivity (Wildman–Crippen MR) is 25.6 cm³/mol. The van der Waals surface area contributed by atoms with Gasteiger partial charge in [0.05, 0.1) is 6.20 Å². The van der Waals surface area contributed by atoms with Crippen molar-refractivity contribution in [2.45, 2.75) is 0 Å². The summed E-state index contributed by atoms with van der Waals surface area (Å²) >= 11 is 0. The Morgan fingerprint density at radius 1 is 1.88 bits per heavy atom. The number of aldehydes is 1. The maximum atomic E-state index is 9.81. The molecule has 42 valence electrons. The lowest BCUT2D eigenvalue weighted by Gasteiger charge is -1.73. The van der Waals surface area contributed by atoms with E-state index in [1.165, 1.54) is 6.20 Å². The third-order valence-electron chi connectivity index (χ3n) is 0.694. The highest BCUT2D eigenvalue weighted by molar-refractivity contribution is 5.68. The van der Waals surface area contributed by atoms with Crippen LogP contribution in [-0.4, -0.2) is 21.4 Å². The number of aromatic hydroxyl groups is 1. The number of carbonyl (C=O) groups is 1. The normalized spacial score (nSPS) is 9.00. The average molecular weight is 112 g/mol. The minimum atomic E-state index is -0.0906. The number of H-pyrrole nitrogens is 1. The van der Waals surface area contributed by atoms with Gasteiger partial charge in [0.2, 0.25) is 5.88 Å². The van der Waals surface area contributed by atoms with E-state index in [1.807, 2.05) is 0 Å². The first-order valence-electron chi connectivity index (χ1n) is 2.02. The van der Waals surface area contributed by atoms with E-state index in [2.05, 4.69) is 9.97 Å². The zero-order valence-corrected chi connectivity index (χ0v) is 3.96. The summed E-state index contributed by atoms with van der Waals surface area (Å²) in [6.45, 7) is 0. The van der Waals surface area contributed by atoms with Crippen LogP contribution in [0, 0.1) is 0 Å².